The zero-order chi connectivity index (χ0) is 13.3. The second-order valence-electron chi connectivity index (χ2n) is 5.37. The molecule has 0 amide bonds. The summed E-state index contributed by atoms with van der Waals surface area (Å²) >= 11 is 0. The molecule has 0 aromatic heterocycles. The van der Waals surface area contributed by atoms with Crippen molar-refractivity contribution in [3.05, 3.63) is 54.1 Å². The first-order chi connectivity index (χ1) is 8.52. The lowest BCUT2D eigenvalue weighted by atomic mass is 9.81. The van der Waals surface area contributed by atoms with Crippen LogP contribution in [0.15, 0.2) is 43.0 Å². The highest BCUT2D eigenvalue weighted by Crippen LogP contribution is 2.40. The molecular weight excluding hydrogens is 218 g/mol. The van der Waals surface area contributed by atoms with E-state index < -0.39 is 0 Å². The Kier molecular flexibility index (Phi) is 3.25. The Morgan fingerprint density at radius 1 is 1.33 bits per heavy atom. The number of benzene rings is 1. The summed E-state index contributed by atoms with van der Waals surface area (Å²) in [6.45, 7) is 13.7. The number of nitrogens with zero attached hydrogens (tertiary/aromatic N) is 1. The van der Waals surface area contributed by atoms with Crippen LogP contribution in [0, 0.1) is 6.92 Å². The molecule has 0 saturated carbocycles. The molecule has 0 aliphatic carbocycles. The molecule has 0 saturated heterocycles. The lowest BCUT2D eigenvalue weighted by Crippen LogP contribution is -2.27. The van der Waals surface area contributed by atoms with Crippen LogP contribution in [0.4, 0.5) is 5.69 Å². The lowest BCUT2D eigenvalue weighted by Gasteiger charge is -2.15. The first-order valence-corrected chi connectivity index (χ1v) is 6.57. The van der Waals surface area contributed by atoms with Gasteiger partial charge in [0.2, 0.25) is 5.69 Å². The number of aryl methyl sites for hydroxylation is 1. The van der Waals surface area contributed by atoms with E-state index in [1.54, 1.807) is 0 Å². The largest absolute Gasteiger partial charge is 0.209 e. The molecule has 0 radical (unpaired) electrons. The Morgan fingerprint density at radius 2 is 2.06 bits per heavy atom. The number of hydrogen-bond acceptors (Lipinski definition) is 0. The third kappa shape index (κ3) is 1.84. The Balaban J connectivity index is 2.66. The van der Waals surface area contributed by atoms with Crippen LogP contribution in [0.2, 0.25) is 0 Å². The summed E-state index contributed by atoms with van der Waals surface area (Å²) in [5.41, 5.74) is 5.51. The van der Waals surface area contributed by atoms with E-state index in [1.807, 2.05) is 12.2 Å². The molecule has 1 heteroatoms. The standard InChI is InChI=1S/C17H22N/c1-6-8-9-16-17(4,5)14-12-13(3)10-11-15(14)18(16)7-2/h6,8-12H,1,7H2,2-5H3/q+1/b9-8+. The number of allylic oxidation sites excluding steroid dienone is 3. The maximum Gasteiger partial charge on any atom is 0.209 e. The zero-order valence-corrected chi connectivity index (χ0v) is 11.8. The minimum Gasteiger partial charge on any atom is -0.195 e. The highest BCUT2D eigenvalue weighted by Gasteiger charge is 2.43. The average Bonchev–Trinajstić information content (AvgIpc) is 2.54. The van der Waals surface area contributed by atoms with Crippen molar-refractivity contribution in [3.63, 3.8) is 0 Å². The molecule has 1 nitrogen and oxygen atoms in total. The van der Waals surface area contributed by atoms with Crippen molar-refractivity contribution in [1.29, 1.82) is 0 Å². The molecular formula is C17H22N+. The highest BCUT2D eigenvalue weighted by molar-refractivity contribution is 6.03. The summed E-state index contributed by atoms with van der Waals surface area (Å²) < 4.78 is 2.40. The van der Waals surface area contributed by atoms with Crippen molar-refractivity contribution in [3.8, 4) is 0 Å². The van der Waals surface area contributed by atoms with Gasteiger partial charge in [0.05, 0.1) is 5.41 Å². The molecule has 2 rings (SSSR count). The van der Waals surface area contributed by atoms with Crippen LogP contribution >= 0.6 is 0 Å². The van der Waals surface area contributed by atoms with Crippen molar-refractivity contribution in [1.82, 2.24) is 0 Å². The van der Waals surface area contributed by atoms with E-state index >= 15 is 0 Å². The lowest BCUT2D eigenvalue weighted by molar-refractivity contribution is -0.433. The van der Waals surface area contributed by atoms with Crippen LogP contribution in [0.1, 0.15) is 31.9 Å². The molecule has 1 aromatic rings. The first kappa shape index (κ1) is 12.8. The summed E-state index contributed by atoms with van der Waals surface area (Å²) in [5.74, 6) is 0. The predicted octanol–water partition coefficient (Wildman–Crippen LogP) is 4.13. The van der Waals surface area contributed by atoms with Gasteiger partial charge in [-0.25, -0.2) is 0 Å². The van der Waals surface area contributed by atoms with Gasteiger partial charge < -0.3 is 0 Å². The molecule has 0 fully saturated rings. The summed E-state index contributed by atoms with van der Waals surface area (Å²) in [5, 5.41) is 0. The zero-order valence-electron chi connectivity index (χ0n) is 11.8. The molecule has 0 spiro atoms. The topological polar surface area (TPSA) is 3.01 Å². The van der Waals surface area contributed by atoms with Gasteiger partial charge in [0.1, 0.15) is 6.54 Å². The minimum atomic E-state index is 0.0663. The van der Waals surface area contributed by atoms with Crippen LogP contribution in [0.3, 0.4) is 0 Å². The Bertz CT molecular complexity index is 545. The van der Waals surface area contributed by atoms with Crippen molar-refractivity contribution in [2.75, 3.05) is 6.54 Å². The van der Waals surface area contributed by atoms with Crippen molar-refractivity contribution in [2.45, 2.75) is 33.1 Å². The van der Waals surface area contributed by atoms with Gasteiger partial charge in [-0.2, -0.15) is 4.58 Å². The fraction of sp³-hybridized carbons (Fsp3) is 0.353. The predicted molar refractivity (Wildman–Crippen MR) is 79.0 cm³/mol. The van der Waals surface area contributed by atoms with Gasteiger partial charge in [-0.15, -0.1) is 0 Å². The molecule has 1 aliphatic rings. The molecule has 1 aromatic carbocycles. The molecule has 0 unspecified atom stereocenters. The number of fused-ring (bicyclic) bond motifs is 1. The van der Waals surface area contributed by atoms with Gasteiger partial charge in [-0.1, -0.05) is 30.4 Å². The van der Waals surface area contributed by atoms with E-state index in [2.05, 4.69) is 63.1 Å². The molecule has 18 heavy (non-hydrogen) atoms. The second kappa shape index (κ2) is 4.56. The van der Waals surface area contributed by atoms with Gasteiger partial charge in [-0.05, 0) is 33.8 Å². The van der Waals surface area contributed by atoms with Gasteiger partial charge in [0.25, 0.3) is 0 Å². The first-order valence-electron chi connectivity index (χ1n) is 6.57. The fourth-order valence-electron chi connectivity index (χ4n) is 2.79. The van der Waals surface area contributed by atoms with E-state index in [-0.39, 0.29) is 5.41 Å². The normalized spacial score (nSPS) is 17.3. The van der Waals surface area contributed by atoms with Gasteiger partial charge in [-0.3, -0.25) is 0 Å². The number of rotatable bonds is 3. The van der Waals surface area contributed by atoms with Crippen molar-refractivity contribution < 1.29 is 4.58 Å². The van der Waals surface area contributed by atoms with E-state index in [0.29, 0.717) is 0 Å². The van der Waals surface area contributed by atoms with E-state index in [9.17, 15) is 0 Å². The van der Waals surface area contributed by atoms with E-state index in [0.717, 1.165) is 6.54 Å². The van der Waals surface area contributed by atoms with Crippen molar-refractivity contribution in [2.24, 2.45) is 0 Å². The Hall–Kier alpha value is -1.63. The van der Waals surface area contributed by atoms with Crippen LogP contribution in [-0.4, -0.2) is 16.8 Å². The summed E-state index contributed by atoms with van der Waals surface area (Å²) in [7, 11) is 0. The van der Waals surface area contributed by atoms with Gasteiger partial charge >= 0.3 is 0 Å². The van der Waals surface area contributed by atoms with Crippen LogP contribution in [0.5, 0.6) is 0 Å². The second-order valence-corrected chi connectivity index (χ2v) is 5.37. The summed E-state index contributed by atoms with van der Waals surface area (Å²) in [4.78, 5) is 0. The SMILES string of the molecule is C=C/C=C/C1=[N+](CC)c2ccc(C)cc2C1(C)C. The van der Waals surface area contributed by atoms with Crippen LogP contribution in [0.25, 0.3) is 0 Å². The smallest absolute Gasteiger partial charge is 0.195 e. The Morgan fingerprint density at radius 3 is 2.67 bits per heavy atom. The van der Waals surface area contributed by atoms with Crippen LogP contribution < -0.4 is 0 Å². The van der Waals surface area contributed by atoms with E-state index in [4.69, 9.17) is 0 Å². The third-order valence-electron chi connectivity index (χ3n) is 3.75. The van der Waals surface area contributed by atoms with E-state index in [1.165, 1.54) is 22.5 Å². The van der Waals surface area contributed by atoms with Gasteiger partial charge in [0.15, 0.2) is 5.71 Å². The molecule has 94 valence electrons. The highest BCUT2D eigenvalue weighted by atomic mass is 15.0. The molecule has 0 N–H and O–H groups in total. The minimum absolute atomic E-state index is 0.0663. The van der Waals surface area contributed by atoms with Crippen molar-refractivity contribution >= 4 is 11.4 Å². The molecule has 1 heterocycles. The van der Waals surface area contributed by atoms with Crippen LogP contribution in [-0.2, 0) is 5.41 Å². The number of hydrogen-bond donors (Lipinski definition) is 0. The van der Waals surface area contributed by atoms with Gasteiger partial charge in [0, 0.05) is 17.7 Å². The quantitative estimate of drug-likeness (QED) is 0.552. The summed E-state index contributed by atoms with van der Waals surface area (Å²) in [6, 6.07) is 6.75. The summed E-state index contributed by atoms with van der Waals surface area (Å²) in [6.07, 6.45) is 6.05. The third-order valence-corrected chi connectivity index (χ3v) is 3.75. The average molecular weight is 240 g/mol. The maximum absolute atomic E-state index is 3.76. The molecule has 0 bridgehead atoms. The monoisotopic (exact) mass is 240 g/mol. The maximum atomic E-state index is 3.76. The molecule has 0 atom stereocenters. The fourth-order valence-corrected chi connectivity index (χ4v) is 2.79. The molecule has 1 aliphatic heterocycles. The Labute approximate surface area is 110 Å².